The lowest BCUT2D eigenvalue weighted by atomic mass is 9.60. The second-order valence-corrected chi connectivity index (χ2v) is 11.4. The summed E-state index contributed by atoms with van der Waals surface area (Å²) in [6.07, 6.45) is -7.47. The SMILES string of the molecule is C=C1/C(=C\C=C2/CCC[C@]3(C)[C@@H]([C@H](C)CC(=O)CC(O)(C(F)(F)F)C(F)(F)F)CC[C@@H]23)C[C@@H](O)C[C@@H]1O. The van der Waals surface area contributed by atoms with E-state index in [4.69, 9.17) is 0 Å². The number of fused-ring (bicyclic) bond motifs is 1. The maximum Gasteiger partial charge on any atom is 0.426 e. The number of allylic oxidation sites excluding steroid dienone is 3. The van der Waals surface area contributed by atoms with E-state index >= 15 is 0 Å². The summed E-state index contributed by atoms with van der Waals surface area (Å²) in [5, 5.41) is 29.5. The highest BCUT2D eigenvalue weighted by atomic mass is 19.4. The number of carbonyl (C=O) groups excluding carboxylic acids is 1. The molecule has 3 aliphatic rings. The minimum absolute atomic E-state index is 0.0732. The van der Waals surface area contributed by atoms with Gasteiger partial charge in [0.2, 0.25) is 0 Å². The lowest BCUT2D eigenvalue weighted by molar-refractivity contribution is -0.367. The van der Waals surface area contributed by atoms with Crippen molar-refractivity contribution < 1.29 is 46.5 Å². The molecule has 0 aromatic carbocycles. The number of alkyl halides is 6. The molecule has 0 unspecified atom stereocenters. The van der Waals surface area contributed by atoms with Crippen LogP contribution in [-0.2, 0) is 4.79 Å². The van der Waals surface area contributed by atoms with Crippen LogP contribution in [0.2, 0.25) is 0 Å². The smallest absolute Gasteiger partial charge is 0.393 e. The van der Waals surface area contributed by atoms with Crippen molar-refractivity contribution in [1.82, 2.24) is 0 Å². The lowest BCUT2D eigenvalue weighted by Gasteiger charge is -2.44. The first kappa shape index (κ1) is 29.9. The Labute approximate surface area is 213 Å². The van der Waals surface area contributed by atoms with Crippen LogP contribution in [0.3, 0.4) is 0 Å². The Morgan fingerprint density at radius 1 is 1.14 bits per heavy atom. The molecule has 3 fully saturated rings. The van der Waals surface area contributed by atoms with Gasteiger partial charge >= 0.3 is 12.4 Å². The van der Waals surface area contributed by atoms with Crippen LogP contribution < -0.4 is 0 Å². The van der Waals surface area contributed by atoms with Gasteiger partial charge in [-0.05, 0) is 72.8 Å². The molecule has 10 heteroatoms. The predicted octanol–water partition coefficient (Wildman–Crippen LogP) is 5.97. The van der Waals surface area contributed by atoms with E-state index in [0.717, 1.165) is 31.3 Å². The van der Waals surface area contributed by atoms with Crippen molar-refractivity contribution in [3.63, 3.8) is 0 Å². The Balaban J connectivity index is 1.74. The summed E-state index contributed by atoms with van der Waals surface area (Å²) in [6.45, 7) is 7.68. The number of hydrogen-bond donors (Lipinski definition) is 3. The molecular weight excluding hydrogens is 502 g/mol. The van der Waals surface area contributed by atoms with E-state index in [-0.39, 0.29) is 23.7 Å². The fraction of sp³-hybridized carbons (Fsp3) is 0.741. The Bertz CT molecular complexity index is 936. The Morgan fingerprint density at radius 3 is 2.35 bits per heavy atom. The number of rotatable bonds is 6. The van der Waals surface area contributed by atoms with E-state index < -0.39 is 54.7 Å². The third-order valence-electron chi connectivity index (χ3n) is 8.93. The third-order valence-corrected chi connectivity index (χ3v) is 8.93. The highest BCUT2D eigenvalue weighted by Crippen LogP contribution is 2.60. The molecule has 3 saturated carbocycles. The first-order chi connectivity index (χ1) is 16.9. The standard InChI is InChI=1S/C27H36F6O4/c1-15(11-20(35)14-25(37,26(28,29)30)27(31,32)33)21-8-9-22-17(5-4-10-24(21,22)3)6-7-18-12-19(34)13-23(36)16(18)2/h6-7,15,19,21-23,34,36-37H,2,4-5,8-14H2,1,3H3/b17-6+,18-7-/t15-,19-,21-,22+,23+,24-/m1/s1. The first-order valence-corrected chi connectivity index (χ1v) is 12.7. The summed E-state index contributed by atoms with van der Waals surface area (Å²) in [4.78, 5) is 12.4. The van der Waals surface area contributed by atoms with Crippen LogP contribution in [-0.4, -0.2) is 51.3 Å². The quantitative estimate of drug-likeness (QED) is 0.364. The molecule has 3 aliphatic carbocycles. The van der Waals surface area contributed by atoms with Gasteiger partial charge in [-0.25, -0.2) is 0 Å². The van der Waals surface area contributed by atoms with Gasteiger partial charge in [0, 0.05) is 12.8 Å². The number of aliphatic hydroxyl groups is 3. The largest absolute Gasteiger partial charge is 0.426 e. The van der Waals surface area contributed by atoms with Crippen LogP contribution in [0.25, 0.3) is 0 Å². The summed E-state index contributed by atoms with van der Waals surface area (Å²) in [7, 11) is 0. The fourth-order valence-electron chi connectivity index (χ4n) is 6.90. The van der Waals surface area contributed by atoms with Crippen molar-refractivity contribution in [3.05, 3.63) is 35.5 Å². The molecule has 210 valence electrons. The molecule has 0 heterocycles. The van der Waals surface area contributed by atoms with Gasteiger partial charge in [0.15, 0.2) is 0 Å². The van der Waals surface area contributed by atoms with E-state index in [9.17, 15) is 46.5 Å². The van der Waals surface area contributed by atoms with Crippen LogP contribution in [0.1, 0.15) is 71.6 Å². The molecule has 0 aromatic heterocycles. The lowest BCUT2D eigenvalue weighted by Crippen LogP contribution is -2.58. The van der Waals surface area contributed by atoms with Gasteiger partial charge < -0.3 is 15.3 Å². The zero-order valence-corrected chi connectivity index (χ0v) is 21.1. The molecule has 0 spiro atoms. The maximum absolute atomic E-state index is 13.0. The number of carbonyl (C=O) groups is 1. The van der Waals surface area contributed by atoms with Gasteiger partial charge in [-0.2, -0.15) is 26.3 Å². The third kappa shape index (κ3) is 5.86. The maximum atomic E-state index is 13.0. The number of halogens is 6. The van der Waals surface area contributed by atoms with E-state index in [1.165, 1.54) is 5.57 Å². The zero-order chi connectivity index (χ0) is 28.0. The molecule has 0 amide bonds. The highest BCUT2D eigenvalue weighted by Gasteiger charge is 2.70. The molecule has 0 aromatic rings. The average molecular weight is 539 g/mol. The van der Waals surface area contributed by atoms with E-state index in [1.54, 1.807) is 6.92 Å². The topological polar surface area (TPSA) is 77.8 Å². The van der Waals surface area contributed by atoms with Crippen LogP contribution in [0.15, 0.2) is 35.5 Å². The summed E-state index contributed by atoms with van der Waals surface area (Å²) in [5.74, 6) is -1.64. The molecule has 0 saturated heterocycles. The molecule has 6 atom stereocenters. The van der Waals surface area contributed by atoms with Crippen LogP contribution in [0.4, 0.5) is 26.3 Å². The summed E-state index contributed by atoms with van der Waals surface area (Å²) >= 11 is 0. The highest BCUT2D eigenvalue weighted by molar-refractivity contribution is 5.80. The molecule has 37 heavy (non-hydrogen) atoms. The van der Waals surface area contributed by atoms with Gasteiger partial charge in [0.25, 0.3) is 5.60 Å². The monoisotopic (exact) mass is 538 g/mol. The molecule has 3 rings (SSSR count). The zero-order valence-electron chi connectivity index (χ0n) is 21.1. The van der Waals surface area contributed by atoms with Crippen molar-refractivity contribution >= 4 is 5.78 Å². The Kier molecular flexibility index (Phi) is 8.48. The molecule has 0 aliphatic heterocycles. The van der Waals surface area contributed by atoms with Crippen molar-refractivity contribution in [3.8, 4) is 0 Å². The minimum atomic E-state index is -6.01. The van der Waals surface area contributed by atoms with Crippen LogP contribution in [0, 0.1) is 23.2 Å². The molecule has 4 nitrogen and oxygen atoms in total. The van der Waals surface area contributed by atoms with E-state index in [2.05, 4.69) is 13.5 Å². The van der Waals surface area contributed by atoms with Gasteiger partial charge in [-0.1, -0.05) is 38.2 Å². The molecule has 0 radical (unpaired) electrons. The first-order valence-electron chi connectivity index (χ1n) is 12.7. The number of ketones is 1. The number of Topliss-reactive ketones (excluding diaryl/α,β-unsaturated/α-hetero) is 1. The van der Waals surface area contributed by atoms with E-state index in [0.29, 0.717) is 18.4 Å². The molecule has 0 bridgehead atoms. The number of hydrogen-bond acceptors (Lipinski definition) is 4. The van der Waals surface area contributed by atoms with Crippen LogP contribution >= 0.6 is 0 Å². The van der Waals surface area contributed by atoms with E-state index in [1.807, 2.05) is 12.2 Å². The number of aliphatic hydroxyl groups excluding tert-OH is 2. The minimum Gasteiger partial charge on any atom is -0.393 e. The fourth-order valence-corrected chi connectivity index (χ4v) is 6.90. The molecule has 3 N–H and O–H groups in total. The molecular formula is C27H36F6O4. The summed E-state index contributed by atoms with van der Waals surface area (Å²) in [6, 6.07) is 0. The van der Waals surface area contributed by atoms with Crippen molar-refractivity contribution in [2.45, 2.75) is 102 Å². The van der Waals surface area contributed by atoms with Gasteiger partial charge in [0.05, 0.1) is 18.6 Å². The second kappa shape index (κ2) is 10.5. The normalized spacial score (nSPS) is 34.6. The van der Waals surface area contributed by atoms with Crippen molar-refractivity contribution in [1.29, 1.82) is 0 Å². The van der Waals surface area contributed by atoms with Crippen molar-refractivity contribution in [2.24, 2.45) is 23.2 Å². The second-order valence-electron chi connectivity index (χ2n) is 11.4. The van der Waals surface area contributed by atoms with Gasteiger partial charge in [0.1, 0.15) is 5.78 Å². The predicted molar refractivity (Wildman–Crippen MR) is 125 cm³/mol. The van der Waals surface area contributed by atoms with Crippen molar-refractivity contribution in [2.75, 3.05) is 0 Å². The summed E-state index contributed by atoms with van der Waals surface area (Å²) < 4.78 is 78.2. The Hall–Kier alpha value is -1.65. The Morgan fingerprint density at radius 2 is 1.76 bits per heavy atom. The van der Waals surface area contributed by atoms with Gasteiger partial charge in [-0.3, -0.25) is 4.79 Å². The van der Waals surface area contributed by atoms with Crippen LogP contribution in [0.5, 0.6) is 0 Å². The summed E-state index contributed by atoms with van der Waals surface area (Å²) in [5.41, 5.74) is -2.79. The van der Waals surface area contributed by atoms with Gasteiger partial charge in [-0.15, -0.1) is 0 Å². The average Bonchev–Trinajstić information content (AvgIpc) is 3.11.